The molecule has 0 atom stereocenters. The van der Waals surface area contributed by atoms with Gasteiger partial charge in [0.15, 0.2) is 0 Å². The zero-order valence-electron chi connectivity index (χ0n) is 11.4. The van der Waals surface area contributed by atoms with E-state index in [0.29, 0.717) is 0 Å². The van der Waals surface area contributed by atoms with Crippen molar-refractivity contribution in [3.63, 3.8) is 0 Å². The highest BCUT2D eigenvalue weighted by atomic mass is 35.5. The number of H-pyrrole nitrogens is 1. The van der Waals surface area contributed by atoms with Crippen LogP contribution in [0.5, 0.6) is 0 Å². The van der Waals surface area contributed by atoms with Crippen LogP contribution in [-0.2, 0) is 0 Å². The third-order valence-corrected chi connectivity index (χ3v) is 3.81. The molecule has 0 unspecified atom stereocenters. The second kappa shape index (κ2) is 5.48. The first-order valence-corrected chi connectivity index (χ1v) is 6.81. The Balaban J connectivity index is 2.50. The summed E-state index contributed by atoms with van der Waals surface area (Å²) in [6, 6.07) is 6.40. The van der Waals surface area contributed by atoms with Gasteiger partial charge in [0.2, 0.25) is 5.43 Å². The smallest absolute Gasteiger partial charge is 0.341 e. The van der Waals surface area contributed by atoms with Crippen LogP contribution in [0.4, 0.5) is 8.78 Å². The fourth-order valence-electron chi connectivity index (χ4n) is 2.39. The first kappa shape index (κ1) is 15.2. The molecule has 116 valence electrons. The number of aromatic carboxylic acids is 1. The van der Waals surface area contributed by atoms with Crippen molar-refractivity contribution in [1.29, 1.82) is 0 Å². The summed E-state index contributed by atoms with van der Waals surface area (Å²) < 4.78 is 28.1. The predicted molar refractivity (Wildman–Crippen MR) is 81.9 cm³/mol. The van der Waals surface area contributed by atoms with Gasteiger partial charge in [-0.2, -0.15) is 0 Å². The quantitative estimate of drug-likeness (QED) is 0.748. The van der Waals surface area contributed by atoms with E-state index in [0.717, 1.165) is 12.3 Å². The molecule has 1 aromatic heterocycles. The van der Waals surface area contributed by atoms with Gasteiger partial charge in [-0.1, -0.05) is 29.8 Å². The minimum absolute atomic E-state index is 0.000671. The van der Waals surface area contributed by atoms with Gasteiger partial charge in [-0.25, -0.2) is 13.6 Å². The molecule has 1 heterocycles. The van der Waals surface area contributed by atoms with Crippen LogP contribution in [0.15, 0.2) is 41.3 Å². The van der Waals surface area contributed by atoms with Crippen molar-refractivity contribution in [3.05, 3.63) is 69.0 Å². The lowest BCUT2D eigenvalue weighted by Gasteiger charge is -2.11. The van der Waals surface area contributed by atoms with Crippen molar-refractivity contribution in [3.8, 4) is 11.1 Å². The van der Waals surface area contributed by atoms with Crippen LogP contribution >= 0.6 is 11.6 Å². The topological polar surface area (TPSA) is 70.2 Å². The van der Waals surface area contributed by atoms with Gasteiger partial charge in [0.1, 0.15) is 17.2 Å². The zero-order valence-corrected chi connectivity index (χ0v) is 12.1. The van der Waals surface area contributed by atoms with Crippen molar-refractivity contribution in [1.82, 2.24) is 4.98 Å². The Bertz CT molecular complexity index is 1010. The number of hydrogen-bond acceptors (Lipinski definition) is 2. The minimum Gasteiger partial charge on any atom is -0.477 e. The van der Waals surface area contributed by atoms with Gasteiger partial charge >= 0.3 is 5.97 Å². The van der Waals surface area contributed by atoms with Crippen LogP contribution in [-0.4, -0.2) is 16.1 Å². The Morgan fingerprint density at radius 1 is 1.17 bits per heavy atom. The molecule has 2 N–H and O–H groups in total. The van der Waals surface area contributed by atoms with Crippen molar-refractivity contribution in [2.24, 2.45) is 0 Å². The van der Waals surface area contributed by atoms with Crippen LogP contribution in [0.1, 0.15) is 10.4 Å². The molecule has 3 aromatic rings. The normalized spacial score (nSPS) is 10.9. The van der Waals surface area contributed by atoms with E-state index in [-0.39, 0.29) is 27.1 Å². The van der Waals surface area contributed by atoms with Crippen LogP contribution in [0.3, 0.4) is 0 Å². The summed E-state index contributed by atoms with van der Waals surface area (Å²) in [5, 5.41) is 8.40. The van der Waals surface area contributed by atoms with Crippen molar-refractivity contribution < 1.29 is 18.7 Å². The first-order valence-electron chi connectivity index (χ1n) is 6.43. The highest BCUT2D eigenvalue weighted by molar-refractivity contribution is 6.35. The molecule has 7 heteroatoms. The zero-order chi connectivity index (χ0) is 16.7. The number of pyridine rings is 1. The Hall–Kier alpha value is -2.73. The standard InChI is InChI=1S/C16H8ClF2NO3/c17-13-11(19)5-8-14(20-6-9(15(8)21)16(22)23)12(13)7-3-1-2-4-10(7)18/h1-6H,(H,20,21)(H,22,23). The molecule has 3 rings (SSSR count). The monoisotopic (exact) mass is 335 g/mol. The number of hydrogen-bond donors (Lipinski definition) is 2. The third kappa shape index (κ3) is 2.37. The van der Waals surface area contributed by atoms with E-state index in [4.69, 9.17) is 16.7 Å². The number of carboxylic acids is 1. The van der Waals surface area contributed by atoms with Crippen LogP contribution in [0.2, 0.25) is 5.02 Å². The molecule has 0 spiro atoms. The van der Waals surface area contributed by atoms with Gasteiger partial charge in [-0.15, -0.1) is 0 Å². The first-order chi connectivity index (χ1) is 10.9. The van der Waals surface area contributed by atoms with Gasteiger partial charge in [-0.3, -0.25) is 4.79 Å². The number of carbonyl (C=O) groups is 1. The van der Waals surface area contributed by atoms with Crippen LogP contribution in [0, 0.1) is 11.6 Å². The minimum atomic E-state index is -1.45. The van der Waals surface area contributed by atoms with Gasteiger partial charge in [0.25, 0.3) is 0 Å². The molecule has 0 amide bonds. The van der Waals surface area contributed by atoms with Crippen molar-refractivity contribution in [2.45, 2.75) is 0 Å². The molecule has 0 aliphatic rings. The van der Waals surface area contributed by atoms with Gasteiger partial charge in [-0.05, 0) is 12.1 Å². The van der Waals surface area contributed by atoms with Gasteiger partial charge in [0.05, 0.1) is 10.5 Å². The number of nitrogens with one attached hydrogen (secondary N) is 1. The largest absolute Gasteiger partial charge is 0.477 e. The third-order valence-electron chi connectivity index (χ3n) is 3.44. The number of benzene rings is 2. The number of rotatable bonds is 2. The highest BCUT2D eigenvalue weighted by Gasteiger charge is 2.20. The molecule has 0 aliphatic carbocycles. The second-order valence-corrected chi connectivity index (χ2v) is 5.16. The maximum Gasteiger partial charge on any atom is 0.341 e. The summed E-state index contributed by atoms with van der Waals surface area (Å²) in [5.41, 5.74) is -1.39. The highest BCUT2D eigenvalue weighted by Crippen LogP contribution is 2.36. The Morgan fingerprint density at radius 2 is 1.87 bits per heavy atom. The summed E-state index contributed by atoms with van der Waals surface area (Å²) in [6.45, 7) is 0. The Kier molecular flexibility index (Phi) is 3.61. The van der Waals surface area contributed by atoms with E-state index in [1.807, 2.05) is 0 Å². The average Bonchev–Trinajstić information content (AvgIpc) is 2.51. The van der Waals surface area contributed by atoms with Crippen LogP contribution < -0.4 is 5.43 Å². The van der Waals surface area contributed by atoms with E-state index >= 15 is 0 Å². The molecule has 4 nitrogen and oxygen atoms in total. The summed E-state index contributed by atoms with van der Waals surface area (Å²) in [4.78, 5) is 25.8. The predicted octanol–water partition coefficient (Wildman–Crippen LogP) is 3.82. The lowest BCUT2D eigenvalue weighted by Crippen LogP contribution is -2.16. The summed E-state index contributed by atoms with van der Waals surface area (Å²) >= 11 is 5.95. The SMILES string of the molecule is O=C(O)c1c[nH]c2c(-c3ccccc3F)c(Cl)c(F)cc2c1=O. The van der Waals surface area contributed by atoms with E-state index in [9.17, 15) is 18.4 Å². The average molecular weight is 336 g/mol. The Labute approximate surface area is 133 Å². The lowest BCUT2D eigenvalue weighted by atomic mass is 10.00. The fourth-order valence-corrected chi connectivity index (χ4v) is 2.64. The summed E-state index contributed by atoms with van der Waals surface area (Å²) in [7, 11) is 0. The molecule has 0 saturated carbocycles. The summed E-state index contributed by atoms with van der Waals surface area (Å²) in [5.74, 6) is -3.04. The molecule has 0 radical (unpaired) electrons. The second-order valence-electron chi connectivity index (χ2n) is 4.79. The molecule has 0 saturated heterocycles. The number of aromatic amines is 1. The number of halogens is 3. The van der Waals surface area contributed by atoms with E-state index < -0.39 is 28.6 Å². The van der Waals surface area contributed by atoms with Gasteiger partial charge < -0.3 is 10.1 Å². The van der Waals surface area contributed by atoms with Gasteiger partial charge in [0, 0.05) is 22.7 Å². The fraction of sp³-hybridized carbons (Fsp3) is 0. The van der Waals surface area contributed by atoms with E-state index in [2.05, 4.69) is 4.98 Å². The van der Waals surface area contributed by atoms with Crippen molar-refractivity contribution >= 4 is 28.5 Å². The van der Waals surface area contributed by atoms with Crippen molar-refractivity contribution in [2.75, 3.05) is 0 Å². The van der Waals surface area contributed by atoms with E-state index in [1.54, 1.807) is 0 Å². The maximum atomic E-state index is 14.1. The maximum absolute atomic E-state index is 14.1. The molecular weight excluding hydrogens is 328 g/mol. The lowest BCUT2D eigenvalue weighted by molar-refractivity contribution is 0.0695. The molecular formula is C16H8ClF2NO3. The van der Waals surface area contributed by atoms with E-state index in [1.165, 1.54) is 24.3 Å². The molecule has 23 heavy (non-hydrogen) atoms. The molecule has 0 fully saturated rings. The number of carboxylic acid groups (broad SMARTS) is 1. The number of fused-ring (bicyclic) bond motifs is 1. The Morgan fingerprint density at radius 3 is 2.52 bits per heavy atom. The summed E-state index contributed by atoms with van der Waals surface area (Å²) in [6.07, 6.45) is 0.978. The van der Waals surface area contributed by atoms with Crippen LogP contribution in [0.25, 0.3) is 22.0 Å². The molecule has 0 aliphatic heterocycles. The molecule has 2 aromatic carbocycles. The molecule has 0 bridgehead atoms. The number of aromatic nitrogens is 1.